The van der Waals surface area contributed by atoms with Crippen LogP contribution < -0.4 is 15.2 Å². The van der Waals surface area contributed by atoms with Gasteiger partial charge in [0.05, 0.1) is 19.3 Å². The van der Waals surface area contributed by atoms with Gasteiger partial charge in [0, 0.05) is 10.0 Å². The Balaban J connectivity index is 2.15. The molecule has 124 valence electrons. The first-order chi connectivity index (χ1) is 10.9. The van der Waals surface area contributed by atoms with Crippen LogP contribution in [0.1, 0.15) is 18.1 Å². The molecule has 0 bridgehead atoms. The van der Waals surface area contributed by atoms with Crippen LogP contribution in [0.5, 0.6) is 11.5 Å². The number of nitrogens with two attached hydrogens (primary N) is 1. The number of halogens is 2. The van der Waals surface area contributed by atoms with Gasteiger partial charge in [0.2, 0.25) is 0 Å². The number of aliphatic hydroxyl groups is 1. The fraction of sp³-hybridized carbons (Fsp3) is 0.294. The summed E-state index contributed by atoms with van der Waals surface area (Å²) in [6, 6.07) is 9.93. The van der Waals surface area contributed by atoms with Crippen molar-refractivity contribution in [2.24, 2.45) is 5.73 Å². The van der Waals surface area contributed by atoms with Crippen molar-refractivity contribution in [1.82, 2.24) is 0 Å². The second-order valence-electron chi connectivity index (χ2n) is 5.47. The first-order valence-corrected chi connectivity index (χ1v) is 7.81. The Morgan fingerprint density at radius 3 is 2.61 bits per heavy atom. The largest absolute Gasteiger partial charge is 0.497 e. The van der Waals surface area contributed by atoms with Crippen molar-refractivity contribution in [2.75, 3.05) is 13.7 Å². The Morgan fingerprint density at radius 1 is 1.26 bits per heavy atom. The van der Waals surface area contributed by atoms with Gasteiger partial charge in [-0.25, -0.2) is 4.39 Å². The molecular weight excluding hydrogens is 365 g/mol. The van der Waals surface area contributed by atoms with Crippen LogP contribution in [-0.2, 0) is 12.1 Å². The summed E-state index contributed by atoms with van der Waals surface area (Å²) in [6.45, 7) is 1.55. The number of methoxy groups -OCH3 is 1. The van der Waals surface area contributed by atoms with Crippen molar-refractivity contribution in [3.63, 3.8) is 0 Å². The summed E-state index contributed by atoms with van der Waals surface area (Å²) in [5, 5.41) is 9.24. The van der Waals surface area contributed by atoms with Crippen LogP contribution in [-0.4, -0.2) is 18.8 Å². The van der Waals surface area contributed by atoms with Crippen LogP contribution >= 0.6 is 15.9 Å². The molecule has 0 amide bonds. The molecule has 0 aromatic heterocycles. The molecule has 0 heterocycles. The van der Waals surface area contributed by atoms with Crippen molar-refractivity contribution >= 4 is 15.9 Å². The number of benzene rings is 2. The molecule has 4 nitrogen and oxygen atoms in total. The maximum atomic E-state index is 14.2. The average molecular weight is 384 g/mol. The van der Waals surface area contributed by atoms with E-state index >= 15 is 0 Å². The number of aliphatic hydroxyl groups excluding tert-OH is 1. The second kappa shape index (κ2) is 7.29. The van der Waals surface area contributed by atoms with Crippen molar-refractivity contribution in [3.05, 3.63) is 57.8 Å². The molecule has 0 aliphatic heterocycles. The fourth-order valence-corrected chi connectivity index (χ4v) is 2.37. The Hall–Kier alpha value is -1.63. The van der Waals surface area contributed by atoms with Crippen molar-refractivity contribution in [3.8, 4) is 11.5 Å². The van der Waals surface area contributed by atoms with Crippen LogP contribution in [0.2, 0.25) is 0 Å². The van der Waals surface area contributed by atoms with E-state index in [-0.39, 0.29) is 19.0 Å². The molecule has 1 atom stereocenters. The van der Waals surface area contributed by atoms with E-state index in [2.05, 4.69) is 15.9 Å². The Labute approximate surface area is 143 Å². The van der Waals surface area contributed by atoms with Gasteiger partial charge in [0.15, 0.2) is 11.6 Å². The molecule has 2 aromatic rings. The van der Waals surface area contributed by atoms with Gasteiger partial charge in [-0.15, -0.1) is 0 Å². The lowest BCUT2D eigenvalue weighted by atomic mass is 9.94. The van der Waals surface area contributed by atoms with Gasteiger partial charge >= 0.3 is 0 Å². The first-order valence-electron chi connectivity index (χ1n) is 7.02. The summed E-state index contributed by atoms with van der Waals surface area (Å²) in [5.41, 5.74) is 6.25. The number of hydrogen-bond acceptors (Lipinski definition) is 4. The molecule has 3 N–H and O–H groups in total. The maximum Gasteiger partial charge on any atom is 0.165 e. The molecule has 2 rings (SSSR count). The zero-order valence-electron chi connectivity index (χ0n) is 13.0. The van der Waals surface area contributed by atoms with Crippen LogP contribution in [0.3, 0.4) is 0 Å². The quantitative estimate of drug-likeness (QED) is 0.802. The summed E-state index contributed by atoms with van der Waals surface area (Å²) < 4.78 is 25.7. The first kappa shape index (κ1) is 17.7. The van der Waals surface area contributed by atoms with E-state index in [1.807, 2.05) is 18.2 Å². The van der Waals surface area contributed by atoms with E-state index in [0.717, 1.165) is 10.0 Å². The van der Waals surface area contributed by atoms with Crippen LogP contribution in [0.25, 0.3) is 0 Å². The van der Waals surface area contributed by atoms with Gasteiger partial charge in [0.25, 0.3) is 0 Å². The summed E-state index contributed by atoms with van der Waals surface area (Å²) in [5.74, 6) is 0.299. The highest BCUT2D eigenvalue weighted by Gasteiger charge is 2.21. The van der Waals surface area contributed by atoms with E-state index < -0.39 is 11.4 Å². The van der Waals surface area contributed by atoms with Gasteiger partial charge in [-0.3, -0.25) is 0 Å². The Bertz CT molecular complexity index is 692. The minimum atomic E-state index is -0.991. The summed E-state index contributed by atoms with van der Waals surface area (Å²) in [4.78, 5) is 0. The third kappa shape index (κ3) is 4.22. The lowest BCUT2D eigenvalue weighted by Crippen LogP contribution is -2.37. The lowest BCUT2D eigenvalue weighted by molar-refractivity contribution is 0.209. The van der Waals surface area contributed by atoms with Crippen LogP contribution in [0.4, 0.5) is 4.39 Å². The highest BCUT2D eigenvalue weighted by Crippen LogP contribution is 2.27. The number of ether oxygens (including phenoxy) is 2. The van der Waals surface area contributed by atoms with Crippen molar-refractivity contribution in [1.29, 1.82) is 0 Å². The summed E-state index contributed by atoms with van der Waals surface area (Å²) in [6.07, 6.45) is 0. The predicted molar refractivity (Wildman–Crippen MR) is 90.1 cm³/mol. The number of hydrogen-bond donors (Lipinski definition) is 2. The van der Waals surface area contributed by atoms with Gasteiger partial charge in [-0.05, 0) is 42.8 Å². The van der Waals surface area contributed by atoms with Gasteiger partial charge in [-0.2, -0.15) is 0 Å². The van der Waals surface area contributed by atoms with E-state index in [9.17, 15) is 9.50 Å². The molecule has 0 saturated heterocycles. The smallest absolute Gasteiger partial charge is 0.165 e. The predicted octanol–water partition coefficient (Wildman–Crippen LogP) is 3.34. The monoisotopic (exact) mass is 383 g/mol. The van der Waals surface area contributed by atoms with Crippen LogP contribution in [0.15, 0.2) is 40.9 Å². The standard InChI is InChI=1S/C17H19BrFNO3/c1-17(20,10-21)12-3-6-16(15(19)8-12)23-9-11-7-13(22-2)4-5-14(11)18/h3-8,21H,9-10,20H2,1-2H3/t17-/m1/s1. The fourth-order valence-electron chi connectivity index (χ4n) is 2.01. The van der Waals surface area contributed by atoms with E-state index in [0.29, 0.717) is 11.3 Å². The Morgan fingerprint density at radius 2 is 2.00 bits per heavy atom. The topological polar surface area (TPSA) is 64.7 Å². The molecule has 6 heteroatoms. The molecule has 0 fully saturated rings. The molecule has 0 radical (unpaired) electrons. The van der Waals surface area contributed by atoms with Gasteiger partial charge in [-0.1, -0.05) is 22.0 Å². The molecular formula is C17H19BrFNO3. The Kier molecular flexibility index (Phi) is 5.62. The molecule has 2 aromatic carbocycles. The van der Waals surface area contributed by atoms with Gasteiger partial charge < -0.3 is 20.3 Å². The van der Waals surface area contributed by atoms with E-state index in [1.54, 1.807) is 20.1 Å². The minimum absolute atomic E-state index is 0.122. The molecule has 0 unspecified atom stereocenters. The lowest BCUT2D eigenvalue weighted by Gasteiger charge is -2.22. The zero-order chi connectivity index (χ0) is 17.0. The maximum absolute atomic E-state index is 14.2. The third-order valence-electron chi connectivity index (χ3n) is 3.56. The van der Waals surface area contributed by atoms with Crippen molar-refractivity contribution < 1.29 is 19.0 Å². The van der Waals surface area contributed by atoms with E-state index in [1.165, 1.54) is 12.1 Å². The third-order valence-corrected chi connectivity index (χ3v) is 4.33. The minimum Gasteiger partial charge on any atom is -0.497 e. The molecule has 0 aliphatic carbocycles. The molecule has 0 aliphatic rings. The number of rotatable bonds is 6. The molecule has 0 spiro atoms. The summed E-state index contributed by atoms with van der Waals surface area (Å²) >= 11 is 3.43. The highest BCUT2D eigenvalue weighted by atomic mass is 79.9. The molecule has 0 saturated carbocycles. The summed E-state index contributed by atoms with van der Waals surface area (Å²) in [7, 11) is 1.58. The van der Waals surface area contributed by atoms with Gasteiger partial charge in [0.1, 0.15) is 12.4 Å². The van der Waals surface area contributed by atoms with Crippen molar-refractivity contribution in [2.45, 2.75) is 19.1 Å². The zero-order valence-corrected chi connectivity index (χ0v) is 14.6. The average Bonchev–Trinajstić information content (AvgIpc) is 2.55. The highest BCUT2D eigenvalue weighted by molar-refractivity contribution is 9.10. The normalized spacial score (nSPS) is 13.5. The molecule has 23 heavy (non-hydrogen) atoms. The van der Waals surface area contributed by atoms with Crippen LogP contribution in [0, 0.1) is 5.82 Å². The second-order valence-corrected chi connectivity index (χ2v) is 6.32. The van der Waals surface area contributed by atoms with E-state index in [4.69, 9.17) is 15.2 Å². The SMILES string of the molecule is COc1ccc(Br)c(COc2ccc([C@](C)(N)CO)cc2F)c1.